The van der Waals surface area contributed by atoms with E-state index >= 15 is 0 Å². The van der Waals surface area contributed by atoms with Gasteiger partial charge in [-0.15, -0.1) is 0 Å². The van der Waals surface area contributed by atoms with Crippen LogP contribution in [0.3, 0.4) is 0 Å². The van der Waals surface area contributed by atoms with Gasteiger partial charge in [0.1, 0.15) is 11.8 Å². The summed E-state index contributed by atoms with van der Waals surface area (Å²) in [5, 5.41) is 7.01. The highest BCUT2D eigenvalue weighted by atomic mass is 16.6. The summed E-state index contributed by atoms with van der Waals surface area (Å²) in [6.45, 7) is 6.59. The van der Waals surface area contributed by atoms with Crippen molar-refractivity contribution < 1.29 is 14.3 Å². The summed E-state index contributed by atoms with van der Waals surface area (Å²) in [6, 6.07) is 3.79. The van der Waals surface area contributed by atoms with Crippen molar-refractivity contribution >= 4 is 5.91 Å². The van der Waals surface area contributed by atoms with Crippen molar-refractivity contribution in [3.63, 3.8) is 0 Å². The molecule has 0 spiro atoms. The Kier molecular flexibility index (Phi) is 6.04. The zero-order valence-electron chi connectivity index (χ0n) is 18.6. The van der Waals surface area contributed by atoms with E-state index in [0.717, 1.165) is 23.4 Å². The van der Waals surface area contributed by atoms with E-state index in [-0.39, 0.29) is 29.9 Å². The van der Waals surface area contributed by atoms with Crippen LogP contribution in [0.4, 0.5) is 0 Å². The van der Waals surface area contributed by atoms with Gasteiger partial charge in [-0.25, -0.2) is 0 Å². The molecule has 0 bridgehead atoms. The number of amides is 1. The lowest BCUT2D eigenvalue weighted by atomic mass is 10.1. The second-order valence-corrected chi connectivity index (χ2v) is 7.90. The summed E-state index contributed by atoms with van der Waals surface area (Å²) in [5.74, 6) is -0.416. The second-order valence-electron chi connectivity index (χ2n) is 7.90. The van der Waals surface area contributed by atoms with Crippen molar-refractivity contribution in [1.29, 1.82) is 0 Å². The van der Waals surface area contributed by atoms with Crippen LogP contribution in [0.15, 0.2) is 23.1 Å². The minimum Gasteiger partial charge on any atom is -0.458 e. The van der Waals surface area contributed by atoms with Crippen molar-refractivity contribution in [3.05, 3.63) is 56.8 Å². The first kappa shape index (κ1) is 21.7. The molecule has 1 aliphatic heterocycles. The van der Waals surface area contributed by atoms with E-state index in [1.165, 1.54) is 0 Å². The molecule has 0 aromatic carbocycles. The number of aromatic nitrogens is 5. The third kappa shape index (κ3) is 4.40. The van der Waals surface area contributed by atoms with E-state index in [2.05, 4.69) is 25.4 Å². The largest absolute Gasteiger partial charge is 0.458 e. The van der Waals surface area contributed by atoms with Crippen LogP contribution in [0.2, 0.25) is 0 Å². The summed E-state index contributed by atoms with van der Waals surface area (Å²) < 4.78 is 12.9. The highest BCUT2D eigenvalue weighted by molar-refractivity contribution is 5.95. The van der Waals surface area contributed by atoms with Crippen molar-refractivity contribution in [2.24, 2.45) is 7.05 Å². The van der Waals surface area contributed by atoms with Crippen LogP contribution >= 0.6 is 0 Å². The molecule has 32 heavy (non-hydrogen) atoms. The summed E-state index contributed by atoms with van der Waals surface area (Å²) in [6.07, 6.45) is 2.23. The van der Waals surface area contributed by atoms with Gasteiger partial charge in [-0.2, -0.15) is 15.1 Å². The number of pyridine rings is 1. The summed E-state index contributed by atoms with van der Waals surface area (Å²) in [4.78, 5) is 37.1. The average Bonchev–Trinajstić information content (AvgIpc) is 3.40. The van der Waals surface area contributed by atoms with E-state index in [9.17, 15) is 9.59 Å². The van der Waals surface area contributed by atoms with Gasteiger partial charge >= 0.3 is 6.01 Å². The van der Waals surface area contributed by atoms with Gasteiger partial charge in [-0.1, -0.05) is 0 Å². The van der Waals surface area contributed by atoms with E-state index in [1.54, 1.807) is 24.9 Å². The minimum absolute atomic E-state index is 0.0808. The Hall–Kier alpha value is -3.53. The molecule has 3 aromatic rings. The molecule has 1 aliphatic rings. The fraction of sp³-hybridized carbons (Fsp3) is 0.409. The minimum atomic E-state index is -0.416. The normalized spacial score (nSPS) is 15.7. The molecule has 1 amide bonds. The summed E-state index contributed by atoms with van der Waals surface area (Å²) in [5.41, 5.74) is 3.94. The van der Waals surface area contributed by atoms with Gasteiger partial charge in [0.2, 0.25) is 0 Å². The molecule has 10 heteroatoms. The Morgan fingerprint density at radius 1 is 1.34 bits per heavy atom. The van der Waals surface area contributed by atoms with Gasteiger partial charge in [0.05, 0.1) is 24.6 Å². The van der Waals surface area contributed by atoms with Gasteiger partial charge < -0.3 is 19.8 Å². The van der Waals surface area contributed by atoms with Crippen molar-refractivity contribution in [2.45, 2.75) is 39.8 Å². The number of carbonyl (C=O) groups excluding carboxylic acids is 1. The zero-order chi connectivity index (χ0) is 22.8. The third-order valence-electron chi connectivity index (χ3n) is 5.48. The molecule has 0 saturated carbocycles. The van der Waals surface area contributed by atoms with Crippen molar-refractivity contribution in [1.82, 2.24) is 30.0 Å². The van der Waals surface area contributed by atoms with E-state index in [1.807, 2.05) is 26.0 Å². The Morgan fingerprint density at radius 3 is 2.81 bits per heavy atom. The zero-order valence-corrected chi connectivity index (χ0v) is 18.6. The molecule has 1 atom stereocenters. The smallest absolute Gasteiger partial charge is 0.318 e. The lowest BCUT2D eigenvalue weighted by molar-refractivity contribution is 0.0941. The molecule has 10 nitrogen and oxygen atoms in total. The third-order valence-corrected chi connectivity index (χ3v) is 5.48. The van der Waals surface area contributed by atoms with Crippen molar-refractivity contribution in [2.75, 3.05) is 13.2 Å². The molecule has 1 fully saturated rings. The van der Waals surface area contributed by atoms with Gasteiger partial charge in [0.25, 0.3) is 11.5 Å². The highest BCUT2D eigenvalue weighted by Crippen LogP contribution is 2.26. The Balaban J connectivity index is 1.66. The first-order valence-corrected chi connectivity index (χ1v) is 10.4. The molecule has 4 rings (SSSR count). The molecule has 168 valence electrons. The Labute approximate surface area is 185 Å². The van der Waals surface area contributed by atoms with Crippen LogP contribution in [0.5, 0.6) is 6.01 Å². The number of H-pyrrole nitrogens is 1. The average molecular weight is 438 g/mol. The van der Waals surface area contributed by atoms with E-state index in [0.29, 0.717) is 30.0 Å². The van der Waals surface area contributed by atoms with Crippen LogP contribution in [-0.2, 0) is 18.3 Å². The molecular weight excluding hydrogens is 412 g/mol. The SMILES string of the molecule is Cc1cc(C)c(CNC(=O)c2nc(O[C@@H]3CCOC3)nc(-c3ccnn3C)c2C)c(=O)[nH]1. The van der Waals surface area contributed by atoms with Crippen LogP contribution < -0.4 is 15.6 Å². The van der Waals surface area contributed by atoms with Gasteiger partial charge in [0, 0.05) is 43.0 Å². The Morgan fingerprint density at radius 2 is 2.16 bits per heavy atom. The molecule has 0 radical (unpaired) electrons. The number of aryl methyl sites for hydroxylation is 3. The first-order chi connectivity index (χ1) is 15.3. The number of nitrogens with zero attached hydrogens (tertiary/aromatic N) is 4. The first-order valence-electron chi connectivity index (χ1n) is 10.4. The fourth-order valence-electron chi connectivity index (χ4n) is 3.73. The standard InChI is InChI=1S/C22H26N6O4/c1-12-9-13(2)25-20(29)16(12)10-23-21(30)19-14(3)18(17-5-7-24-28(17)4)26-22(27-19)32-15-6-8-31-11-15/h5,7,9,15H,6,8,10-11H2,1-4H3,(H,23,30)(H,25,29)/t15-/m1/s1. The maximum atomic E-state index is 13.1. The lowest BCUT2D eigenvalue weighted by Crippen LogP contribution is -2.29. The maximum Gasteiger partial charge on any atom is 0.318 e. The number of hydrogen-bond donors (Lipinski definition) is 2. The summed E-state index contributed by atoms with van der Waals surface area (Å²) >= 11 is 0. The summed E-state index contributed by atoms with van der Waals surface area (Å²) in [7, 11) is 1.80. The molecule has 0 unspecified atom stereocenters. The number of carbonyl (C=O) groups is 1. The van der Waals surface area contributed by atoms with Crippen molar-refractivity contribution in [3.8, 4) is 17.4 Å². The fourth-order valence-corrected chi connectivity index (χ4v) is 3.73. The number of nitrogens with one attached hydrogen (secondary N) is 2. The molecule has 4 heterocycles. The second kappa shape index (κ2) is 8.91. The van der Waals surface area contributed by atoms with Gasteiger partial charge in [-0.3, -0.25) is 14.3 Å². The predicted octanol–water partition coefficient (Wildman–Crippen LogP) is 1.59. The monoisotopic (exact) mass is 438 g/mol. The molecular formula is C22H26N6O4. The quantitative estimate of drug-likeness (QED) is 0.599. The molecule has 2 N–H and O–H groups in total. The van der Waals surface area contributed by atoms with Gasteiger partial charge in [0.15, 0.2) is 0 Å². The number of hydrogen-bond acceptors (Lipinski definition) is 7. The maximum absolute atomic E-state index is 13.1. The number of aromatic amines is 1. The van der Waals surface area contributed by atoms with E-state index in [4.69, 9.17) is 9.47 Å². The number of rotatable bonds is 6. The van der Waals surface area contributed by atoms with Gasteiger partial charge in [-0.05, 0) is 38.5 Å². The number of ether oxygens (including phenoxy) is 2. The Bertz CT molecular complexity index is 1210. The van der Waals surface area contributed by atoms with Crippen LogP contribution in [0.25, 0.3) is 11.4 Å². The molecule has 1 saturated heterocycles. The van der Waals surface area contributed by atoms with Crippen LogP contribution in [0, 0.1) is 20.8 Å². The molecule has 3 aromatic heterocycles. The molecule has 0 aliphatic carbocycles. The highest BCUT2D eigenvalue weighted by Gasteiger charge is 2.24. The topological polar surface area (TPSA) is 124 Å². The van der Waals surface area contributed by atoms with Crippen LogP contribution in [0.1, 0.15) is 39.3 Å². The lowest BCUT2D eigenvalue weighted by Gasteiger charge is -2.15. The van der Waals surface area contributed by atoms with E-state index < -0.39 is 5.91 Å². The van der Waals surface area contributed by atoms with Crippen LogP contribution in [-0.4, -0.2) is 50.0 Å². The predicted molar refractivity (Wildman–Crippen MR) is 117 cm³/mol.